The van der Waals surface area contributed by atoms with E-state index in [1.807, 2.05) is 6.08 Å². The number of halogens is 1. The minimum atomic E-state index is -0.378. The third kappa shape index (κ3) is 1.51. The third-order valence-electron chi connectivity index (χ3n) is 6.25. The molecule has 6 rings (SSSR count). The van der Waals surface area contributed by atoms with Crippen LogP contribution in [0.4, 0.5) is 4.39 Å². The predicted molar refractivity (Wildman–Crippen MR) is 104 cm³/mol. The maximum Gasteiger partial charge on any atom is 0.101 e. The Morgan fingerprint density at radius 1 is 0.615 bits per heavy atom. The van der Waals surface area contributed by atoms with E-state index in [2.05, 4.69) is 72.8 Å². The standard InChI is InChI=1S/C25H17F/c26-16-13-14-20-19-9-3-6-12-23(19)25(24(20)15-16)21-10-4-1-7-17(21)18-8-2-5-11-22(18)25/h1-12,15H,13-14H2. The van der Waals surface area contributed by atoms with Crippen LogP contribution < -0.4 is 0 Å². The highest BCUT2D eigenvalue weighted by molar-refractivity contribution is 5.95. The lowest BCUT2D eigenvalue weighted by atomic mass is 9.69. The SMILES string of the molecule is FC1=CC2=C(CC1)c1ccccc1C21c2ccccc2-c2ccccc21. The maximum absolute atomic E-state index is 14.5. The normalized spacial score (nSPS) is 18.3. The Hall–Kier alpha value is -2.93. The molecule has 0 unspecified atom stereocenters. The van der Waals surface area contributed by atoms with Crippen LogP contribution >= 0.6 is 0 Å². The van der Waals surface area contributed by atoms with Crippen LogP contribution in [0.25, 0.3) is 16.7 Å². The zero-order valence-corrected chi connectivity index (χ0v) is 14.3. The van der Waals surface area contributed by atoms with Gasteiger partial charge in [-0.1, -0.05) is 72.8 Å². The van der Waals surface area contributed by atoms with Crippen LogP contribution in [0.2, 0.25) is 0 Å². The number of hydrogen-bond donors (Lipinski definition) is 0. The Kier molecular flexibility index (Phi) is 2.65. The van der Waals surface area contributed by atoms with Gasteiger partial charge in [-0.3, -0.25) is 0 Å². The average molecular weight is 336 g/mol. The lowest BCUT2D eigenvalue weighted by Crippen LogP contribution is -2.27. The second-order valence-electron chi connectivity index (χ2n) is 7.37. The van der Waals surface area contributed by atoms with E-state index < -0.39 is 0 Å². The summed E-state index contributed by atoms with van der Waals surface area (Å²) in [5, 5.41) is 0. The predicted octanol–water partition coefficient (Wildman–Crippen LogP) is 6.42. The molecular formula is C25H17F. The van der Waals surface area contributed by atoms with Crippen LogP contribution in [-0.4, -0.2) is 0 Å². The van der Waals surface area contributed by atoms with Crippen LogP contribution in [-0.2, 0) is 5.41 Å². The van der Waals surface area contributed by atoms with Crippen molar-refractivity contribution in [1.82, 2.24) is 0 Å². The van der Waals surface area contributed by atoms with E-state index in [4.69, 9.17) is 0 Å². The van der Waals surface area contributed by atoms with E-state index >= 15 is 0 Å². The van der Waals surface area contributed by atoms with Gasteiger partial charge in [-0.25, -0.2) is 4.39 Å². The molecular weight excluding hydrogens is 319 g/mol. The molecule has 0 N–H and O–H groups in total. The summed E-state index contributed by atoms with van der Waals surface area (Å²) in [6, 6.07) is 25.9. The summed E-state index contributed by atoms with van der Waals surface area (Å²) in [6.45, 7) is 0. The lowest BCUT2D eigenvalue weighted by Gasteiger charge is -2.32. The number of rotatable bonds is 0. The fourth-order valence-corrected chi connectivity index (χ4v) is 5.34. The second kappa shape index (κ2) is 4.82. The van der Waals surface area contributed by atoms with Crippen LogP contribution in [0.1, 0.15) is 35.1 Å². The highest BCUT2D eigenvalue weighted by atomic mass is 19.1. The number of hydrogen-bond acceptors (Lipinski definition) is 0. The van der Waals surface area contributed by atoms with Crippen LogP contribution in [0.15, 0.2) is 90.3 Å². The fourth-order valence-electron chi connectivity index (χ4n) is 5.34. The molecule has 0 amide bonds. The van der Waals surface area contributed by atoms with Gasteiger partial charge in [0.15, 0.2) is 0 Å². The third-order valence-corrected chi connectivity index (χ3v) is 6.25. The molecule has 0 radical (unpaired) electrons. The monoisotopic (exact) mass is 336 g/mol. The van der Waals surface area contributed by atoms with Gasteiger partial charge in [0, 0.05) is 6.42 Å². The molecule has 0 bridgehead atoms. The van der Waals surface area contributed by atoms with E-state index in [1.165, 1.54) is 39.0 Å². The molecule has 3 aliphatic carbocycles. The smallest absolute Gasteiger partial charge is 0.101 e. The van der Waals surface area contributed by atoms with Gasteiger partial charge >= 0.3 is 0 Å². The van der Waals surface area contributed by atoms with Gasteiger partial charge in [0.1, 0.15) is 5.83 Å². The van der Waals surface area contributed by atoms with Crippen LogP contribution in [0, 0.1) is 0 Å². The van der Waals surface area contributed by atoms with E-state index in [0.29, 0.717) is 6.42 Å². The van der Waals surface area contributed by atoms with Gasteiger partial charge in [0.05, 0.1) is 5.41 Å². The molecule has 3 aliphatic rings. The first-order chi connectivity index (χ1) is 12.8. The van der Waals surface area contributed by atoms with Crippen LogP contribution in [0.3, 0.4) is 0 Å². The second-order valence-corrected chi connectivity index (χ2v) is 7.37. The number of benzene rings is 3. The van der Waals surface area contributed by atoms with Crippen molar-refractivity contribution in [3.63, 3.8) is 0 Å². The molecule has 0 aromatic heterocycles. The summed E-state index contributed by atoms with van der Waals surface area (Å²) >= 11 is 0. The van der Waals surface area contributed by atoms with Crippen LogP contribution in [0.5, 0.6) is 0 Å². The molecule has 3 aromatic carbocycles. The van der Waals surface area contributed by atoms with Crippen molar-refractivity contribution in [2.24, 2.45) is 0 Å². The minimum absolute atomic E-state index is 0.00204. The first-order valence-corrected chi connectivity index (χ1v) is 9.21. The molecule has 0 fully saturated rings. The summed E-state index contributed by atoms with van der Waals surface area (Å²) in [5.41, 5.74) is 9.77. The maximum atomic E-state index is 14.5. The summed E-state index contributed by atoms with van der Waals surface area (Å²) in [7, 11) is 0. The van der Waals surface area contributed by atoms with Crippen molar-refractivity contribution in [1.29, 1.82) is 0 Å². The quantitative estimate of drug-likeness (QED) is 0.444. The Morgan fingerprint density at radius 2 is 1.12 bits per heavy atom. The van der Waals surface area contributed by atoms with E-state index in [1.54, 1.807) is 0 Å². The van der Waals surface area contributed by atoms with Crippen molar-refractivity contribution >= 4 is 5.57 Å². The molecule has 0 heterocycles. The summed E-state index contributed by atoms with van der Waals surface area (Å²) in [6.07, 6.45) is 3.10. The summed E-state index contributed by atoms with van der Waals surface area (Å²) in [5.74, 6) is -0.00204. The largest absolute Gasteiger partial charge is 0.212 e. The average Bonchev–Trinajstić information content (AvgIpc) is 3.15. The van der Waals surface area contributed by atoms with Gasteiger partial charge in [0.25, 0.3) is 0 Å². The molecule has 0 aliphatic heterocycles. The molecule has 0 atom stereocenters. The zero-order chi connectivity index (χ0) is 17.3. The molecule has 26 heavy (non-hydrogen) atoms. The highest BCUT2D eigenvalue weighted by Gasteiger charge is 2.52. The molecule has 0 saturated carbocycles. The highest BCUT2D eigenvalue weighted by Crippen LogP contribution is 2.63. The first-order valence-electron chi connectivity index (χ1n) is 9.21. The molecule has 0 saturated heterocycles. The van der Waals surface area contributed by atoms with Gasteiger partial charge in [0.2, 0.25) is 0 Å². The summed E-state index contributed by atoms with van der Waals surface area (Å²) in [4.78, 5) is 0. The van der Waals surface area contributed by atoms with Gasteiger partial charge in [-0.05, 0) is 57.0 Å². The van der Waals surface area contributed by atoms with Gasteiger partial charge in [-0.15, -0.1) is 0 Å². The zero-order valence-electron chi connectivity index (χ0n) is 14.3. The van der Waals surface area contributed by atoms with Crippen molar-refractivity contribution in [3.05, 3.63) is 113 Å². The Bertz CT molecular complexity index is 1100. The fraction of sp³-hybridized carbons (Fsp3) is 0.120. The van der Waals surface area contributed by atoms with Crippen molar-refractivity contribution in [3.8, 4) is 11.1 Å². The van der Waals surface area contributed by atoms with Crippen molar-refractivity contribution in [2.45, 2.75) is 18.3 Å². The Morgan fingerprint density at radius 3 is 1.73 bits per heavy atom. The molecule has 1 spiro atoms. The van der Waals surface area contributed by atoms with E-state index in [9.17, 15) is 4.39 Å². The Balaban J connectivity index is 1.84. The van der Waals surface area contributed by atoms with Gasteiger partial charge < -0.3 is 0 Å². The minimum Gasteiger partial charge on any atom is -0.212 e. The molecule has 3 aromatic rings. The molecule has 1 heteroatoms. The van der Waals surface area contributed by atoms with Gasteiger partial charge in [-0.2, -0.15) is 0 Å². The lowest BCUT2D eigenvalue weighted by molar-refractivity contribution is 0.584. The molecule has 0 nitrogen and oxygen atoms in total. The molecule has 124 valence electrons. The first kappa shape index (κ1) is 14.3. The number of fused-ring (bicyclic) bond motifs is 9. The topological polar surface area (TPSA) is 0 Å². The van der Waals surface area contributed by atoms with Crippen molar-refractivity contribution < 1.29 is 4.39 Å². The van der Waals surface area contributed by atoms with E-state index in [-0.39, 0.29) is 11.2 Å². The Labute approximate surface area is 152 Å². The summed E-state index contributed by atoms with van der Waals surface area (Å²) < 4.78 is 14.5. The van der Waals surface area contributed by atoms with E-state index in [0.717, 1.165) is 12.0 Å². The van der Waals surface area contributed by atoms with Crippen molar-refractivity contribution in [2.75, 3.05) is 0 Å². The number of allylic oxidation sites excluding steroid dienone is 4.